The van der Waals surface area contributed by atoms with Crippen LogP contribution in [0.15, 0.2) is 0 Å². The van der Waals surface area contributed by atoms with Crippen LogP contribution in [0, 0.1) is 0 Å². The molecule has 2 aliphatic heterocycles. The first-order chi connectivity index (χ1) is 44.9. The molecule has 28 heteroatoms. The zero-order valence-corrected chi connectivity index (χ0v) is 57.2. The number of rotatable bonds is 52. The number of carbonyl (C=O) groups is 9. The van der Waals surface area contributed by atoms with Crippen LogP contribution in [0.25, 0.3) is 0 Å². The fourth-order valence-electron chi connectivity index (χ4n) is 11.3. The molecule has 0 radical (unpaired) electrons. The lowest BCUT2D eigenvalue weighted by atomic mass is 9.94. The molecule has 0 saturated carbocycles. The summed E-state index contributed by atoms with van der Waals surface area (Å²) in [5, 5.41) is 78.2. The fraction of sp³-hybridized carbons (Fsp3) is 0.864. The van der Waals surface area contributed by atoms with Gasteiger partial charge in [0, 0.05) is 33.1 Å². The van der Waals surface area contributed by atoms with Crippen LogP contribution >= 0.6 is 0 Å². The summed E-state index contributed by atoms with van der Waals surface area (Å²) in [5.41, 5.74) is 5.64. The van der Waals surface area contributed by atoms with Crippen LogP contribution in [0.1, 0.15) is 241 Å². The second-order valence-corrected chi connectivity index (χ2v) is 25.3. The highest BCUT2D eigenvalue weighted by Gasteiger charge is 2.53. The molecule has 2 unspecified atom stereocenters. The lowest BCUT2D eigenvalue weighted by Crippen LogP contribution is -2.70. The standard InChI is InChI=1S/C66H119N7O21/c1-8-10-12-14-16-18-20-22-24-26-28-30-32-34-52(80)89-40-47(41-90-53(81)35-33-31-29-27-25-23-21-19-17-15-13-11-9-2)71-62(85)42(3)68-51(79)37-36-48(61(67)84)72-64(87)54(43(4)76)73-63(86)44(5)91-60-56(70-46(7)78)65(88)92-50(39-75)59(60)94-66-55(69-45(6)77)58(83)57(82)49(38-74)93-66/h42-44,47-50,54-60,65-66,74-76,82-83,88H,8-41H2,1-7H3,(H2,67,84)(H,68,79)(H,69,77)(H,70,78)(H,71,85)(H,72,87)(H,73,86)/t42-,43+,44+,48+,49+,50+,54-,55+,56+,57+,58+,59+,60+,65?,66?/m0/s1. The van der Waals surface area contributed by atoms with E-state index in [9.17, 15) is 73.8 Å². The molecule has 14 N–H and O–H groups in total. The SMILES string of the molecule is CCCCCCCCCCCCCCCC(=O)OCC(COC(=O)CCCCCCCCCCCCCCC)NC(=O)[C@H](C)NC(=O)CC[C@@H](NC(=O)[C@@H](NC(=O)[C@@H](C)O[C@H]1[C@H](OC2O[C@H](CO)[C@@H](O)[C@H](O)[C@H]2NC(C)=O)[C@@H](CO)OC(O)[C@@H]1NC(C)=O)[C@@H](C)O)C(N)=O. The molecule has 544 valence electrons. The van der Waals surface area contributed by atoms with Crippen LogP contribution in [0.4, 0.5) is 0 Å². The third-order valence-electron chi connectivity index (χ3n) is 16.8. The van der Waals surface area contributed by atoms with Crippen LogP contribution < -0.4 is 37.6 Å². The number of nitrogens with one attached hydrogen (secondary N) is 6. The van der Waals surface area contributed by atoms with Gasteiger partial charge in [-0.05, 0) is 40.0 Å². The second-order valence-electron chi connectivity index (χ2n) is 25.3. The Morgan fingerprint density at radius 1 is 0.511 bits per heavy atom. The van der Waals surface area contributed by atoms with Gasteiger partial charge in [-0.1, -0.05) is 168 Å². The van der Waals surface area contributed by atoms with Crippen molar-refractivity contribution < 1.29 is 102 Å². The van der Waals surface area contributed by atoms with Crippen molar-refractivity contribution in [3.63, 3.8) is 0 Å². The molecule has 0 aromatic heterocycles. The van der Waals surface area contributed by atoms with E-state index in [1.54, 1.807) is 0 Å². The summed E-state index contributed by atoms with van der Waals surface area (Å²) in [7, 11) is 0. The highest BCUT2D eigenvalue weighted by atomic mass is 16.7. The Kier molecular flexibility index (Phi) is 44.6. The number of hydrogen-bond donors (Lipinski definition) is 13. The number of esters is 2. The molecule has 0 bridgehead atoms. The smallest absolute Gasteiger partial charge is 0.305 e. The van der Waals surface area contributed by atoms with Crippen molar-refractivity contribution in [2.45, 2.75) is 339 Å². The molecule has 2 rings (SSSR count). The predicted octanol–water partition coefficient (Wildman–Crippen LogP) is 2.96. The summed E-state index contributed by atoms with van der Waals surface area (Å²) in [6, 6.07) is -8.69. The average Bonchev–Trinajstić information content (AvgIpc) is 0.781. The van der Waals surface area contributed by atoms with Gasteiger partial charge in [-0.25, -0.2) is 0 Å². The Hall–Kier alpha value is -5.17. The van der Waals surface area contributed by atoms with Gasteiger partial charge >= 0.3 is 11.9 Å². The van der Waals surface area contributed by atoms with Crippen LogP contribution in [0.5, 0.6) is 0 Å². The molecule has 0 aliphatic carbocycles. The van der Waals surface area contributed by atoms with E-state index in [-0.39, 0.29) is 26.1 Å². The largest absolute Gasteiger partial charge is 0.463 e. The number of primary amides is 1. The third-order valence-corrected chi connectivity index (χ3v) is 16.8. The molecule has 0 aromatic rings. The van der Waals surface area contributed by atoms with Gasteiger partial charge in [-0.2, -0.15) is 0 Å². The molecule has 0 aromatic carbocycles. The van der Waals surface area contributed by atoms with E-state index in [1.165, 1.54) is 117 Å². The number of amides is 7. The number of ether oxygens (including phenoxy) is 6. The fourth-order valence-corrected chi connectivity index (χ4v) is 11.3. The van der Waals surface area contributed by atoms with Crippen LogP contribution in [-0.4, -0.2) is 208 Å². The van der Waals surface area contributed by atoms with E-state index in [0.717, 1.165) is 72.1 Å². The lowest BCUT2D eigenvalue weighted by Gasteiger charge is -2.48. The van der Waals surface area contributed by atoms with E-state index in [0.29, 0.717) is 12.8 Å². The monoisotopic (exact) mass is 1350 g/mol. The number of nitrogens with two attached hydrogens (primary N) is 1. The predicted molar refractivity (Wildman–Crippen MR) is 346 cm³/mol. The Morgan fingerprint density at radius 2 is 0.957 bits per heavy atom. The van der Waals surface area contributed by atoms with Crippen molar-refractivity contribution in [3.8, 4) is 0 Å². The molecule has 15 atom stereocenters. The van der Waals surface area contributed by atoms with Crippen molar-refractivity contribution in [3.05, 3.63) is 0 Å². The first-order valence-electron chi connectivity index (χ1n) is 34.8. The van der Waals surface area contributed by atoms with Gasteiger partial charge in [0.15, 0.2) is 12.6 Å². The van der Waals surface area contributed by atoms with Crippen LogP contribution in [-0.2, 0) is 71.6 Å². The first-order valence-corrected chi connectivity index (χ1v) is 34.8. The number of hydrogen-bond acceptors (Lipinski definition) is 21. The summed E-state index contributed by atoms with van der Waals surface area (Å²) in [6.07, 6.45) is 12.4. The molecule has 2 aliphatic rings. The molecular weight excluding hydrogens is 1230 g/mol. The van der Waals surface area contributed by atoms with Gasteiger partial charge < -0.3 is 96.7 Å². The van der Waals surface area contributed by atoms with Crippen LogP contribution in [0.3, 0.4) is 0 Å². The molecule has 2 heterocycles. The van der Waals surface area contributed by atoms with E-state index >= 15 is 0 Å². The van der Waals surface area contributed by atoms with E-state index < -0.39 is 177 Å². The zero-order chi connectivity index (χ0) is 70.0. The highest BCUT2D eigenvalue weighted by Crippen LogP contribution is 2.31. The molecular formula is C66H119N7O21. The minimum atomic E-state index is -1.92. The van der Waals surface area contributed by atoms with Crippen molar-refractivity contribution in [2.75, 3.05) is 26.4 Å². The molecule has 2 saturated heterocycles. The normalized spacial score (nSPS) is 22.8. The van der Waals surface area contributed by atoms with Gasteiger partial charge in [0.2, 0.25) is 41.4 Å². The van der Waals surface area contributed by atoms with Crippen molar-refractivity contribution in [1.29, 1.82) is 0 Å². The molecule has 2 fully saturated rings. The van der Waals surface area contributed by atoms with Crippen LogP contribution in [0.2, 0.25) is 0 Å². The highest BCUT2D eigenvalue weighted by molar-refractivity contribution is 5.93. The Balaban J connectivity index is 2.08. The van der Waals surface area contributed by atoms with Gasteiger partial charge in [-0.3, -0.25) is 43.2 Å². The minimum Gasteiger partial charge on any atom is -0.463 e. The van der Waals surface area contributed by atoms with Gasteiger partial charge in [0.05, 0.1) is 25.4 Å². The third kappa shape index (κ3) is 34.7. The van der Waals surface area contributed by atoms with E-state index in [4.69, 9.17) is 34.2 Å². The van der Waals surface area contributed by atoms with Crippen molar-refractivity contribution in [1.82, 2.24) is 31.9 Å². The topological polar surface area (TPSA) is 429 Å². The summed E-state index contributed by atoms with van der Waals surface area (Å²) in [5.74, 6) is -7.23. The summed E-state index contributed by atoms with van der Waals surface area (Å²) >= 11 is 0. The Bertz CT molecular complexity index is 2160. The Labute approximate surface area is 556 Å². The Morgan fingerprint density at radius 3 is 1.38 bits per heavy atom. The quantitative estimate of drug-likeness (QED) is 0.0307. The number of aliphatic hydroxyl groups is 6. The molecule has 7 amide bonds. The maximum Gasteiger partial charge on any atom is 0.305 e. The lowest BCUT2D eigenvalue weighted by molar-refractivity contribution is -0.333. The maximum atomic E-state index is 13.9. The first kappa shape index (κ1) is 84.9. The summed E-state index contributed by atoms with van der Waals surface area (Å²) in [4.78, 5) is 118. The number of aliphatic hydroxyl groups excluding tert-OH is 6. The number of carbonyl (C=O) groups excluding carboxylic acids is 9. The summed E-state index contributed by atoms with van der Waals surface area (Å²) in [6.45, 7) is 7.94. The summed E-state index contributed by atoms with van der Waals surface area (Å²) < 4.78 is 34.5. The van der Waals surface area contributed by atoms with Gasteiger partial charge in [-0.15, -0.1) is 0 Å². The molecule has 94 heavy (non-hydrogen) atoms. The van der Waals surface area contributed by atoms with Gasteiger partial charge in [0.25, 0.3) is 0 Å². The average molecular weight is 1350 g/mol. The molecule has 0 spiro atoms. The van der Waals surface area contributed by atoms with Crippen molar-refractivity contribution in [2.24, 2.45) is 5.73 Å². The zero-order valence-electron chi connectivity index (χ0n) is 57.2. The van der Waals surface area contributed by atoms with E-state index in [1.807, 2.05) is 0 Å². The second kappa shape index (κ2) is 49.4. The number of unbranched alkanes of at least 4 members (excludes halogenated alkanes) is 24. The van der Waals surface area contributed by atoms with Crippen molar-refractivity contribution >= 4 is 53.3 Å². The maximum absolute atomic E-state index is 13.9. The minimum absolute atomic E-state index is 0.174. The van der Waals surface area contributed by atoms with E-state index in [2.05, 4.69) is 45.7 Å². The molecule has 28 nitrogen and oxygen atoms in total. The van der Waals surface area contributed by atoms with Gasteiger partial charge in [0.1, 0.15) is 86.2 Å².